The smallest absolute Gasteiger partial charge is 0.244 e. The second-order valence-corrected chi connectivity index (χ2v) is 5.23. The van der Waals surface area contributed by atoms with Crippen LogP contribution in [0.3, 0.4) is 0 Å². The zero-order valence-corrected chi connectivity index (χ0v) is 11.8. The number of rotatable bonds is 3. The summed E-state index contributed by atoms with van der Waals surface area (Å²) in [6, 6.07) is 1.67. The molecule has 1 fully saturated rings. The van der Waals surface area contributed by atoms with Crippen LogP contribution in [0.15, 0.2) is 16.7 Å². The Morgan fingerprint density at radius 3 is 3.06 bits per heavy atom. The molecular formula is C11H11BrClN3O2. The van der Waals surface area contributed by atoms with E-state index >= 15 is 0 Å². The van der Waals surface area contributed by atoms with Crippen LogP contribution in [0.4, 0.5) is 5.69 Å². The van der Waals surface area contributed by atoms with Crippen molar-refractivity contribution in [3.8, 4) is 0 Å². The average Bonchev–Trinajstić information content (AvgIpc) is 2.70. The Morgan fingerprint density at radius 2 is 2.39 bits per heavy atom. The molecule has 0 unspecified atom stereocenters. The van der Waals surface area contributed by atoms with Crippen LogP contribution in [0, 0.1) is 0 Å². The van der Waals surface area contributed by atoms with E-state index in [4.69, 9.17) is 11.6 Å². The lowest BCUT2D eigenvalue weighted by molar-refractivity contribution is -0.131. The van der Waals surface area contributed by atoms with Crippen LogP contribution in [-0.2, 0) is 9.59 Å². The van der Waals surface area contributed by atoms with Crippen molar-refractivity contribution in [3.05, 3.63) is 21.9 Å². The molecule has 1 N–H and O–H groups in total. The monoisotopic (exact) mass is 331 g/mol. The van der Waals surface area contributed by atoms with Gasteiger partial charge in [0.2, 0.25) is 11.8 Å². The molecule has 18 heavy (non-hydrogen) atoms. The van der Waals surface area contributed by atoms with Crippen molar-refractivity contribution in [1.29, 1.82) is 0 Å². The van der Waals surface area contributed by atoms with Crippen LogP contribution < -0.4 is 5.32 Å². The summed E-state index contributed by atoms with van der Waals surface area (Å²) in [6.07, 6.45) is 2.87. The molecule has 2 amide bonds. The molecule has 0 atom stereocenters. The number of nitrogens with one attached hydrogen (secondary N) is 1. The van der Waals surface area contributed by atoms with Gasteiger partial charge in [-0.3, -0.25) is 9.59 Å². The first-order chi connectivity index (χ1) is 8.56. The maximum Gasteiger partial charge on any atom is 0.244 e. The van der Waals surface area contributed by atoms with E-state index in [2.05, 4.69) is 26.2 Å². The predicted octanol–water partition coefficient (Wildman–Crippen LogP) is 2.06. The first-order valence-corrected chi connectivity index (χ1v) is 6.62. The summed E-state index contributed by atoms with van der Waals surface area (Å²) in [4.78, 5) is 28.6. The van der Waals surface area contributed by atoms with Gasteiger partial charge in [0.15, 0.2) is 5.15 Å². The number of hydrogen-bond acceptors (Lipinski definition) is 3. The minimum Gasteiger partial charge on any atom is -0.333 e. The molecule has 1 aromatic rings. The SMILES string of the molecule is O=C(CN1CCCC1=O)Nc1cc(Br)cnc1Cl. The molecule has 1 aromatic heterocycles. The van der Waals surface area contributed by atoms with E-state index in [1.807, 2.05) is 0 Å². The summed E-state index contributed by atoms with van der Waals surface area (Å²) in [5.41, 5.74) is 0.433. The standard InChI is InChI=1S/C11H11BrClN3O2/c12-7-4-8(11(13)14-5-7)15-9(17)6-16-3-1-2-10(16)18/h4-5H,1-3,6H2,(H,15,17). The molecule has 7 heteroatoms. The van der Waals surface area contributed by atoms with Crippen LogP contribution in [0.25, 0.3) is 0 Å². The second-order valence-electron chi connectivity index (χ2n) is 3.96. The lowest BCUT2D eigenvalue weighted by Gasteiger charge is -2.15. The van der Waals surface area contributed by atoms with Crippen LogP contribution in [0.1, 0.15) is 12.8 Å². The minimum absolute atomic E-state index is 0.0172. The number of carbonyl (C=O) groups is 2. The van der Waals surface area contributed by atoms with Crippen molar-refractivity contribution in [1.82, 2.24) is 9.88 Å². The Hall–Kier alpha value is -1.14. The van der Waals surface area contributed by atoms with E-state index in [0.29, 0.717) is 18.7 Å². The molecule has 0 bridgehead atoms. The third-order valence-electron chi connectivity index (χ3n) is 2.59. The lowest BCUT2D eigenvalue weighted by Crippen LogP contribution is -2.34. The molecule has 1 aliphatic rings. The molecule has 0 saturated carbocycles. The number of pyridine rings is 1. The molecule has 2 heterocycles. The highest BCUT2D eigenvalue weighted by atomic mass is 79.9. The van der Waals surface area contributed by atoms with Crippen molar-refractivity contribution >= 4 is 45.0 Å². The van der Waals surface area contributed by atoms with E-state index in [9.17, 15) is 9.59 Å². The van der Waals surface area contributed by atoms with Crippen molar-refractivity contribution < 1.29 is 9.59 Å². The fourth-order valence-electron chi connectivity index (χ4n) is 1.74. The summed E-state index contributed by atoms with van der Waals surface area (Å²) < 4.78 is 0.722. The third kappa shape index (κ3) is 3.20. The Kier molecular flexibility index (Phi) is 4.19. The first kappa shape index (κ1) is 13.3. The van der Waals surface area contributed by atoms with Gasteiger partial charge in [0, 0.05) is 23.6 Å². The van der Waals surface area contributed by atoms with E-state index in [0.717, 1.165) is 10.9 Å². The minimum atomic E-state index is -0.271. The quantitative estimate of drug-likeness (QED) is 0.862. The van der Waals surface area contributed by atoms with E-state index in [1.54, 1.807) is 12.3 Å². The highest BCUT2D eigenvalue weighted by molar-refractivity contribution is 9.10. The molecule has 0 aromatic carbocycles. The van der Waals surface area contributed by atoms with Crippen molar-refractivity contribution in [2.75, 3.05) is 18.4 Å². The van der Waals surface area contributed by atoms with Gasteiger partial charge in [0.05, 0.1) is 12.2 Å². The molecule has 2 rings (SSSR count). The maximum absolute atomic E-state index is 11.8. The highest BCUT2D eigenvalue weighted by Gasteiger charge is 2.22. The molecule has 96 valence electrons. The van der Waals surface area contributed by atoms with Gasteiger partial charge in [-0.25, -0.2) is 4.98 Å². The number of carbonyl (C=O) groups excluding carboxylic acids is 2. The molecule has 5 nitrogen and oxygen atoms in total. The van der Waals surface area contributed by atoms with E-state index in [1.165, 1.54) is 4.90 Å². The average molecular weight is 333 g/mol. The summed E-state index contributed by atoms with van der Waals surface area (Å²) >= 11 is 9.11. The number of aromatic nitrogens is 1. The summed E-state index contributed by atoms with van der Waals surface area (Å²) in [5.74, 6) is -0.254. The molecule has 1 saturated heterocycles. The van der Waals surface area contributed by atoms with E-state index < -0.39 is 0 Å². The highest BCUT2D eigenvalue weighted by Crippen LogP contribution is 2.23. The number of anilines is 1. The number of hydrogen-bond donors (Lipinski definition) is 1. The van der Waals surface area contributed by atoms with Gasteiger partial charge in [-0.15, -0.1) is 0 Å². The number of halogens is 2. The summed E-state index contributed by atoms with van der Waals surface area (Å²) in [6.45, 7) is 0.693. The van der Waals surface area contributed by atoms with Crippen molar-refractivity contribution in [2.45, 2.75) is 12.8 Å². The van der Waals surface area contributed by atoms with Gasteiger partial charge < -0.3 is 10.2 Å². The Labute approximate surface area is 118 Å². The fraction of sp³-hybridized carbons (Fsp3) is 0.364. The van der Waals surface area contributed by atoms with Crippen LogP contribution >= 0.6 is 27.5 Å². The second kappa shape index (κ2) is 5.67. The Balaban J connectivity index is 1.98. The topological polar surface area (TPSA) is 62.3 Å². The summed E-state index contributed by atoms with van der Waals surface area (Å²) in [7, 11) is 0. The number of likely N-dealkylation sites (tertiary alicyclic amines) is 1. The van der Waals surface area contributed by atoms with Gasteiger partial charge in [-0.1, -0.05) is 11.6 Å². The first-order valence-electron chi connectivity index (χ1n) is 5.45. The van der Waals surface area contributed by atoms with E-state index in [-0.39, 0.29) is 23.5 Å². The Bertz CT molecular complexity index is 495. The number of amides is 2. The van der Waals surface area contributed by atoms with Crippen LogP contribution in [0.5, 0.6) is 0 Å². The summed E-state index contributed by atoms with van der Waals surface area (Å²) in [5, 5.41) is 2.86. The van der Waals surface area contributed by atoms with Gasteiger partial charge in [-0.2, -0.15) is 0 Å². The molecule has 0 aliphatic carbocycles. The van der Waals surface area contributed by atoms with Gasteiger partial charge >= 0.3 is 0 Å². The van der Waals surface area contributed by atoms with Gasteiger partial charge in [0.25, 0.3) is 0 Å². The number of nitrogens with zero attached hydrogens (tertiary/aromatic N) is 2. The normalized spacial score (nSPS) is 15.0. The van der Waals surface area contributed by atoms with Gasteiger partial charge in [0.1, 0.15) is 0 Å². The fourth-order valence-corrected chi connectivity index (χ4v) is 2.23. The largest absolute Gasteiger partial charge is 0.333 e. The predicted molar refractivity (Wildman–Crippen MR) is 71.4 cm³/mol. The molecular weight excluding hydrogens is 321 g/mol. The lowest BCUT2D eigenvalue weighted by atomic mass is 10.4. The third-order valence-corrected chi connectivity index (χ3v) is 3.32. The maximum atomic E-state index is 11.8. The van der Waals surface area contributed by atoms with Crippen molar-refractivity contribution in [2.24, 2.45) is 0 Å². The molecule has 0 radical (unpaired) electrons. The van der Waals surface area contributed by atoms with Crippen molar-refractivity contribution in [3.63, 3.8) is 0 Å². The molecule has 1 aliphatic heterocycles. The van der Waals surface area contributed by atoms with Crippen LogP contribution in [0.2, 0.25) is 5.15 Å². The Morgan fingerprint density at radius 1 is 1.61 bits per heavy atom. The van der Waals surface area contributed by atoms with Gasteiger partial charge in [-0.05, 0) is 28.4 Å². The van der Waals surface area contributed by atoms with Crippen LogP contribution in [-0.4, -0.2) is 34.8 Å². The molecule has 0 spiro atoms. The zero-order chi connectivity index (χ0) is 13.1. The zero-order valence-electron chi connectivity index (χ0n) is 9.45.